The van der Waals surface area contributed by atoms with E-state index in [1.54, 1.807) is 0 Å². The van der Waals surface area contributed by atoms with Gasteiger partial charge < -0.3 is 19.7 Å². The molecule has 0 unspecified atom stereocenters. The molecule has 120 valence electrons. The fourth-order valence-electron chi connectivity index (χ4n) is 1.77. The van der Waals surface area contributed by atoms with Gasteiger partial charge in [0.15, 0.2) is 5.16 Å². The van der Waals surface area contributed by atoms with Crippen molar-refractivity contribution in [1.29, 1.82) is 0 Å². The second-order valence-corrected chi connectivity index (χ2v) is 5.00. The summed E-state index contributed by atoms with van der Waals surface area (Å²) < 4.78 is 10.9. The van der Waals surface area contributed by atoms with Crippen LogP contribution in [-0.4, -0.2) is 62.8 Å². The average Bonchev–Trinajstić information content (AvgIpc) is 2.53. The molecule has 1 aromatic rings. The molecule has 1 N–H and O–H groups in total. The van der Waals surface area contributed by atoms with Crippen LogP contribution in [0.1, 0.15) is 13.8 Å². The molecule has 0 aromatic carbocycles. The first-order chi connectivity index (χ1) is 10.2. The minimum Gasteiger partial charge on any atom is -0.380 e. The number of thioether (sulfide) groups is 1. The van der Waals surface area contributed by atoms with E-state index in [1.165, 1.54) is 11.8 Å². The number of nitrogens with zero attached hydrogens (tertiary/aromatic N) is 3. The zero-order chi connectivity index (χ0) is 15.5. The largest absolute Gasteiger partial charge is 0.380 e. The van der Waals surface area contributed by atoms with Gasteiger partial charge in [-0.2, -0.15) is 0 Å². The normalized spacial score (nSPS) is 10.7. The molecule has 1 aromatic heterocycles. The molecule has 0 atom stereocenters. The van der Waals surface area contributed by atoms with Crippen LogP contribution in [0.25, 0.3) is 0 Å². The van der Waals surface area contributed by atoms with Crippen molar-refractivity contribution in [2.24, 2.45) is 0 Å². The molecule has 0 aliphatic rings. The first-order valence-electron chi connectivity index (χ1n) is 7.26. The molecule has 0 aliphatic heterocycles. The van der Waals surface area contributed by atoms with E-state index in [1.807, 2.05) is 33.2 Å². The van der Waals surface area contributed by atoms with Gasteiger partial charge in [0.05, 0.1) is 13.2 Å². The SMILES string of the molecule is CCOCCN(CCOCC)c1cc(NC)nc(SC)n1. The predicted molar refractivity (Wildman–Crippen MR) is 88.6 cm³/mol. The standard InChI is InChI=1S/C14H26N4O2S/c1-5-19-9-7-18(8-10-20-6-2)13-11-12(15-3)16-14(17-13)21-4/h11H,5-10H2,1-4H3,(H,15,16,17). The fourth-order valence-corrected chi connectivity index (χ4v) is 2.15. The van der Waals surface area contributed by atoms with Gasteiger partial charge in [0.2, 0.25) is 0 Å². The maximum atomic E-state index is 5.46. The third-order valence-electron chi connectivity index (χ3n) is 2.87. The molecule has 0 fully saturated rings. The van der Waals surface area contributed by atoms with Crippen LogP contribution in [0.15, 0.2) is 11.2 Å². The predicted octanol–water partition coefficient (Wildman–Crippen LogP) is 2.12. The van der Waals surface area contributed by atoms with Gasteiger partial charge in [-0.3, -0.25) is 0 Å². The molecule has 0 saturated heterocycles. The lowest BCUT2D eigenvalue weighted by atomic mass is 10.4. The van der Waals surface area contributed by atoms with Crippen LogP contribution in [0.2, 0.25) is 0 Å². The van der Waals surface area contributed by atoms with Gasteiger partial charge in [-0.05, 0) is 20.1 Å². The Hall–Kier alpha value is -1.05. The van der Waals surface area contributed by atoms with E-state index in [2.05, 4.69) is 20.2 Å². The molecule has 0 aliphatic carbocycles. The Balaban J connectivity index is 2.83. The maximum absolute atomic E-state index is 5.46. The monoisotopic (exact) mass is 314 g/mol. The summed E-state index contributed by atoms with van der Waals surface area (Å²) in [5.74, 6) is 1.72. The smallest absolute Gasteiger partial charge is 0.191 e. The van der Waals surface area contributed by atoms with Crippen molar-refractivity contribution in [3.63, 3.8) is 0 Å². The number of hydrogen-bond donors (Lipinski definition) is 1. The molecule has 21 heavy (non-hydrogen) atoms. The highest BCUT2D eigenvalue weighted by Crippen LogP contribution is 2.20. The summed E-state index contributed by atoms with van der Waals surface area (Å²) in [5.41, 5.74) is 0. The van der Waals surface area contributed by atoms with Gasteiger partial charge in [-0.25, -0.2) is 9.97 Å². The van der Waals surface area contributed by atoms with Gasteiger partial charge in [0.1, 0.15) is 11.6 Å². The van der Waals surface area contributed by atoms with E-state index >= 15 is 0 Å². The Morgan fingerprint density at radius 1 is 1.14 bits per heavy atom. The zero-order valence-electron chi connectivity index (χ0n) is 13.4. The third kappa shape index (κ3) is 6.50. The average molecular weight is 314 g/mol. The highest BCUT2D eigenvalue weighted by Gasteiger charge is 2.11. The first-order valence-corrected chi connectivity index (χ1v) is 8.48. The van der Waals surface area contributed by atoms with Crippen molar-refractivity contribution in [1.82, 2.24) is 9.97 Å². The minimum atomic E-state index is 0.677. The fraction of sp³-hybridized carbons (Fsp3) is 0.714. The third-order valence-corrected chi connectivity index (χ3v) is 3.42. The van der Waals surface area contributed by atoms with Crippen LogP contribution in [0.5, 0.6) is 0 Å². The summed E-state index contributed by atoms with van der Waals surface area (Å²) >= 11 is 1.54. The molecule has 0 spiro atoms. The Kier molecular flexibility index (Phi) is 9.12. The zero-order valence-corrected chi connectivity index (χ0v) is 14.2. The van der Waals surface area contributed by atoms with Crippen molar-refractivity contribution in [2.75, 3.05) is 63.0 Å². The van der Waals surface area contributed by atoms with Gasteiger partial charge in [-0.15, -0.1) is 0 Å². The Labute approximate surface area is 131 Å². The van der Waals surface area contributed by atoms with E-state index in [0.29, 0.717) is 13.2 Å². The van der Waals surface area contributed by atoms with Crippen molar-refractivity contribution < 1.29 is 9.47 Å². The molecular weight excluding hydrogens is 288 g/mol. The van der Waals surface area contributed by atoms with E-state index < -0.39 is 0 Å². The summed E-state index contributed by atoms with van der Waals surface area (Å²) in [6.45, 7) is 8.37. The molecule has 0 saturated carbocycles. The number of anilines is 2. The van der Waals surface area contributed by atoms with Crippen LogP contribution in [0.4, 0.5) is 11.6 Å². The summed E-state index contributed by atoms with van der Waals surface area (Å²) in [6.07, 6.45) is 1.98. The second kappa shape index (κ2) is 10.6. The minimum absolute atomic E-state index is 0.677. The van der Waals surface area contributed by atoms with Crippen molar-refractivity contribution in [3.05, 3.63) is 6.07 Å². The molecule has 6 nitrogen and oxygen atoms in total. The quantitative estimate of drug-likeness (QED) is 0.381. The van der Waals surface area contributed by atoms with Crippen LogP contribution in [0.3, 0.4) is 0 Å². The molecular formula is C14H26N4O2S. The number of aromatic nitrogens is 2. The van der Waals surface area contributed by atoms with Crippen molar-refractivity contribution in [3.8, 4) is 0 Å². The number of nitrogens with one attached hydrogen (secondary N) is 1. The second-order valence-electron chi connectivity index (χ2n) is 4.23. The van der Waals surface area contributed by atoms with Crippen LogP contribution in [0, 0.1) is 0 Å². The van der Waals surface area contributed by atoms with E-state index in [4.69, 9.17) is 9.47 Å². The van der Waals surface area contributed by atoms with Crippen molar-refractivity contribution in [2.45, 2.75) is 19.0 Å². The Morgan fingerprint density at radius 3 is 2.24 bits per heavy atom. The first kappa shape index (κ1) is 18.0. The van der Waals surface area contributed by atoms with Crippen molar-refractivity contribution >= 4 is 23.4 Å². The summed E-state index contributed by atoms with van der Waals surface area (Å²) in [6, 6.07) is 1.96. The summed E-state index contributed by atoms with van der Waals surface area (Å²) in [4.78, 5) is 11.2. The van der Waals surface area contributed by atoms with Crippen LogP contribution >= 0.6 is 11.8 Å². The molecule has 1 heterocycles. The molecule has 1 rings (SSSR count). The lowest BCUT2D eigenvalue weighted by Crippen LogP contribution is -2.32. The Bertz CT molecular complexity index is 374. The number of ether oxygens (including phenoxy) is 2. The summed E-state index contributed by atoms with van der Waals surface area (Å²) in [5, 5.41) is 3.84. The van der Waals surface area contributed by atoms with Crippen LogP contribution < -0.4 is 10.2 Å². The van der Waals surface area contributed by atoms with E-state index in [-0.39, 0.29) is 0 Å². The van der Waals surface area contributed by atoms with E-state index in [9.17, 15) is 0 Å². The summed E-state index contributed by atoms with van der Waals surface area (Å²) in [7, 11) is 1.86. The van der Waals surface area contributed by atoms with Gasteiger partial charge in [0.25, 0.3) is 0 Å². The Morgan fingerprint density at radius 2 is 1.76 bits per heavy atom. The highest BCUT2D eigenvalue weighted by atomic mass is 32.2. The topological polar surface area (TPSA) is 59.5 Å². The lowest BCUT2D eigenvalue weighted by Gasteiger charge is -2.24. The molecule has 7 heteroatoms. The van der Waals surface area contributed by atoms with Gasteiger partial charge >= 0.3 is 0 Å². The molecule has 0 bridgehead atoms. The van der Waals surface area contributed by atoms with Gasteiger partial charge in [-0.1, -0.05) is 11.8 Å². The highest BCUT2D eigenvalue weighted by molar-refractivity contribution is 7.98. The van der Waals surface area contributed by atoms with E-state index in [0.717, 1.165) is 43.1 Å². The molecule has 0 radical (unpaired) electrons. The number of hydrogen-bond acceptors (Lipinski definition) is 7. The van der Waals surface area contributed by atoms with Crippen LogP contribution in [-0.2, 0) is 9.47 Å². The van der Waals surface area contributed by atoms with Gasteiger partial charge in [0, 0.05) is 39.4 Å². The molecule has 0 amide bonds. The lowest BCUT2D eigenvalue weighted by molar-refractivity contribution is 0.141. The number of rotatable bonds is 11. The maximum Gasteiger partial charge on any atom is 0.191 e.